The fourth-order valence-electron chi connectivity index (χ4n) is 2.49. The number of ketones is 1. The van der Waals surface area contributed by atoms with E-state index in [2.05, 4.69) is 4.98 Å². The summed E-state index contributed by atoms with van der Waals surface area (Å²) in [5, 5.41) is 17.4. The standard InChI is InChI=1S/C13H11NO.C9H8O4/c15-13(11-6-2-1-3-7-11)10-12-8-4-5-9-14-12;1-5-6(8(10)11)3-2-4-7(5)9(12)13/h1-9H,10H2;2-4H,1H3,(H,10,11)(H,12,13). The molecule has 1 heterocycles. The minimum Gasteiger partial charge on any atom is -0.478 e. The van der Waals surface area contributed by atoms with Gasteiger partial charge in [-0.1, -0.05) is 42.5 Å². The molecule has 6 nitrogen and oxygen atoms in total. The molecule has 0 aliphatic heterocycles. The Morgan fingerprint density at radius 2 is 1.36 bits per heavy atom. The van der Waals surface area contributed by atoms with E-state index < -0.39 is 11.9 Å². The number of carboxylic acids is 2. The predicted octanol–water partition coefficient (Wildman–Crippen LogP) is 3.90. The molecule has 0 aliphatic carbocycles. The number of hydrogen-bond donors (Lipinski definition) is 2. The summed E-state index contributed by atoms with van der Waals surface area (Å²) in [5.41, 5.74) is 1.89. The van der Waals surface area contributed by atoms with Crippen molar-refractivity contribution in [3.05, 3.63) is 101 Å². The molecule has 0 fully saturated rings. The van der Waals surface area contributed by atoms with Crippen LogP contribution in [0.1, 0.15) is 42.3 Å². The molecular formula is C22H19NO5. The first-order valence-electron chi connectivity index (χ1n) is 8.44. The molecule has 0 amide bonds. The molecule has 0 atom stereocenters. The number of pyridine rings is 1. The average Bonchev–Trinajstić information content (AvgIpc) is 2.69. The Bertz CT molecular complexity index is 936. The van der Waals surface area contributed by atoms with E-state index in [4.69, 9.17) is 10.2 Å². The van der Waals surface area contributed by atoms with Gasteiger partial charge in [-0.25, -0.2) is 9.59 Å². The number of Topliss-reactive ketones (excluding diaryl/α,β-unsaturated/α-hetero) is 1. The first-order chi connectivity index (χ1) is 13.4. The lowest BCUT2D eigenvalue weighted by Crippen LogP contribution is -2.06. The van der Waals surface area contributed by atoms with Gasteiger partial charge in [-0.05, 0) is 36.8 Å². The summed E-state index contributed by atoms with van der Waals surface area (Å²) >= 11 is 0. The van der Waals surface area contributed by atoms with Gasteiger partial charge in [-0.3, -0.25) is 9.78 Å². The third-order valence-corrected chi connectivity index (χ3v) is 3.96. The molecule has 0 unspecified atom stereocenters. The quantitative estimate of drug-likeness (QED) is 0.654. The number of hydrogen-bond acceptors (Lipinski definition) is 4. The van der Waals surface area contributed by atoms with Gasteiger partial charge in [-0.15, -0.1) is 0 Å². The number of aromatic nitrogens is 1. The van der Waals surface area contributed by atoms with Crippen molar-refractivity contribution >= 4 is 17.7 Å². The molecule has 0 spiro atoms. The maximum atomic E-state index is 11.8. The van der Waals surface area contributed by atoms with Crippen molar-refractivity contribution in [2.75, 3.05) is 0 Å². The van der Waals surface area contributed by atoms with Crippen LogP contribution in [0.25, 0.3) is 0 Å². The molecule has 142 valence electrons. The number of benzene rings is 2. The first kappa shape index (κ1) is 20.5. The lowest BCUT2D eigenvalue weighted by atomic mass is 10.0. The Balaban J connectivity index is 0.000000203. The highest BCUT2D eigenvalue weighted by Gasteiger charge is 2.13. The normalized spacial score (nSPS) is 9.75. The van der Waals surface area contributed by atoms with Crippen LogP contribution < -0.4 is 0 Å². The fourth-order valence-corrected chi connectivity index (χ4v) is 2.49. The third-order valence-electron chi connectivity index (χ3n) is 3.96. The second-order valence-electron chi connectivity index (χ2n) is 5.88. The molecule has 2 aromatic carbocycles. The van der Waals surface area contributed by atoms with Crippen LogP contribution in [0.2, 0.25) is 0 Å². The van der Waals surface area contributed by atoms with Gasteiger partial charge in [0.2, 0.25) is 0 Å². The van der Waals surface area contributed by atoms with Crippen LogP contribution in [0.3, 0.4) is 0 Å². The topological polar surface area (TPSA) is 105 Å². The van der Waals surface area contributed by atoms with E-state index in [0.717, 1.165) is 11.3 Å². The van der Waals surface area contributed by atoms with E-state index in [-0.39, 0.29) is 22.5 Å². The first-order valence-corrected chi connectivity index (χ1v) is 8.44. The zero-order valence-corrected chi connectivity index (χ0v) is 15.2. The molecule has 0 aliphatic rings. The predicted molar refractivity (Wildman–Crippen MR) is 104 cm³/mol. The zero-order chi connectivity index (χ0) is 20.5. The number of nitrogens with zero attached hydrogens (tertiary/aromatic N) is 1. The van der Waals surface area contributed by atoms with Gasteiger partial charge in [0, 0.05) is 17.5 Å². The molecule has 28 heavy (non-hydrogen) atoms. The third kappa shape index (κ3) is 5.60. The summed E-state index contributed by atoms with van der Waals surface area (Å²) in [6.45, 7) is 1.48. The Kier molecular flexibility index (Phi) is 7.16. The Morgan fingerprint density at radius 1 is 0.786 bits per heavy atom. The largest absolute Gasteiger partial charge is 0.478 e. The average molecular weight is 377 g/mol. The Hall–Kier alpha value is -3.80. The summed E-state index contributed by atoms with van der Waals surface area (Å²) in [6.07, 6.45) is 2.07. The van der Waals surface area contributed by atoms with E-state index >= 15 is 0 Å². The van der Waals surface area contributed by atoms with E-state index in [9.17, 15) is 14.4 Å². The van der Waals surface area contributed by atoms with Crippen LogP contribution >= 0.6 is 0 Å². The highest BCUT2D eigenvalue weighted by molar-refractivity contribution is 5.97. The highest BCUT2D eigenvalue weighted by Crippen LogP contribution is 2.13. The summed E-state index contributed by atoms with van der Waals surface area (Å²) in [7, 11) is 0. The van der Waals surface area contributed by atoms with Crippen LogP contribution in [0.15, 0.2) is 72.9 Å². The summed E-state index contributed by atoms with van der Waals surface area (Å²) < 4.78 is 0. The molecule has 1 aromatic heterocycles. The monoisotopic (exact) mass is 377 g/mol. The zero-order valence-electron chi connectivity index (χ0n) is 15.2. The van der Waals surface area contributed by atoms with Crippen LogP contribution in [0.4, 0.5) is 0 Å². The number of rotatable bonds is 5. The second kappa shape index (κ2) is 9.78. The maximum absolute atomic E-state index is 11.8. The van der Waals surface area contributed by atoms with Gasteiger partial charge in [-0.2, -0.15) is 0 Å². The number of aromatic carboxylic acids is 2. The van der Waals surface area contributed by atoms with Gasteiger partial charge < -0.3 is 10.2 Å². The van der Waals surface area contributed by atoms with Gasteiger partial charge in [0.05, 0.1) is 17.5 Å². The van der Waals surface area contributed by atoms with Crippen molar-refractivity contribution in [3.8, 4) is 0 Å². The second-order valence-corrected chi connectivity index (χ2v) is 5.88. The van der Waals surface area contributed by atoms with Gasteiger partial charge in [0.15, 0.2) is 5.78 Å². The lowest BCUT2D eigenvalue weighted by Gasteiger charge is -2.03. The Labute approximate surface area is 162 Å². The van der Waals surface area contributed by atoms with Gasteiger partial charge in [0.1, 0.15) is 0 Å². The number of carbonyl (C=O) groups is 3. The minimum absolute atomic E-state index is 0.0277. The van der Waals surface area contributed by atoms with Crippen molar-refractivity contribution in [2.24, 2.45) is 0 Å². The fraction of sp³-hybridized carbons (Fsp3) is 0.0909. The molecule has 0 saturated heterocycles. The van der Waals surface area contributed by atoms with Crippen molar-refractivity contribution < 1.29 is 24.6 Å². The molecule has 0 bridgehead atoms. The van der Waals surface area contributed by atoms with E-state index in [1.807, 2.05) is 48.5 Å². The van der Waals surface area contributed by atoms with Crippen LogP contribution in [0, 0.1) is 6.92 Å². The SMILES string of the molecule is Cc1c(C(=O)O)cccc1C(=O)O.O=C(Cc1ccccn1)c1ccccc1. The molecule has 3 aromatic rings. The summed E-state index contributed by atoms with van der Waals surface area (Å²) in [5.74, 6) is -2.12. The molecular weight excluding hydrogens is 358 g/mol. The Morgan fingerprint density at radius 3 is 1.86 bits per heavy atom. The maximum Gasteiger partial charge on any atom is 0.335 e. The van der Waals surface area contributed by atoms with Crippen molar-refractivity contribution in [1.82, 2.24) is 4.98 Å². The van der Waals surface area contributed by atoms with Crippen molar-refractivity contribution in [3.63, 3.8) is 0 Å². The number of carboxylic acid groups (broad SMARTS) is 2. The molecule has 3 rings (SSSR count). The molecule has 0 radical (unpaired) electrons. The molecule has 6 heteroatoms. The van der Waals surface area contributed by atoms with Crippen molar-refractivity contribution in [1.29, 1.82) is 0 Å². The van der Waals surface area contributed by atoms with Crippen molar-refractivity contribution in [2.45, 2.75) is 13.3 Å². The van der Waals surface area contributed by atoms with Gasteiger partial charge >= 0.3 is 11.9 Å². The van der Waals surface area contributed by atoms with E-state index in [0.29, 0.717) is 6.42 Å². The lowest BCUT2D eigenvalue weighted by molar-refractivity contribution is 0.0695. The van der Waals surface area contributed by atoms with Crippen LogP contribution in [0.5, 0.6) is 0 Å². The van der Waals surface area contributed by atoms with E-state index in [1.54, 1.807) is 6.20 Å². The smallest absolute Gasteiger partial charge is 0.335 e. The van der Waals surface area contributed by atoms with Crippen LogP contribution in [-0.2, 0) is 6.42 Å². The minimum atomic E-state index is -1.11. The summed E-state index contributed by atoms with van der Waals surface area (Å²) in [6, 6.07) is 19.1. The summed E-state index contributed by atoms with van der Waals surface area (Å²) in [4.78, 5) is 37.1. The number of carbonyl (C=O) groups excluding carboxylic acids is 1. The van der Waals surface area contributed by atoms with Crippen LogP contribution in [-0.4, -0.2) is 32.9 Å². The van der Waals surface area contributed by atoms with E-state index in [1.165, 1.54) is 25.1 Å². The highest BCUT2D eigenvalue weighted by atomic mass is 16.4. The van der Waals surface area contributed by atoms with Gasteiger partial charge in [0.25, 0.3) is 0 Å². The molecule has 2 N–H and O–H groups in total. The molecule has 0 saturated carbocycles.